The van der Waals surface area contributed by atoms with Crippen molar-refractivity contribution < 1.29 is 23.2 Å². The van der Waals surface area contributed by atoms with Gasteiger partial charge in [-0.2, -0.15) is 5.26 Å². The molecule has 28 heavy (non-hydrogen) atoms. The normalized spacial score (nSPS) is 11.5. The lowest BCUT2D eigenvalue weighted by molar-refractivity contribution is -0.152. The topological polar surface area (TPSA) is 85.4 Å². The number of esters is 1. The highest BCUT2D eigenvalue weighted by atomic mass is 19.1. The summed E-state index contributed by atoms with van der Waals surface area (Å²) in [6.45, 7) is 3.28. The van der Waals surface area contributed by atoms with Gasteiger partial charge in [0.2, 0.25) is 0 Å². The number of halogens is 1. The van der Waals surface area contributed by atoms with Crippen LogP contribution in [0, 0.1) is 24.1 Å². The highest BCUT2D eigenvalue weighted by molar-refractivity contribution is 5.74. The van der Waals surface area contributed by atoms with E-state index in [0.717, 1.165) is 0 Å². The number of benzene rings is 2. The van der Waals surface area contributed by atoms with Gasteiger partial charge in [0.15, 0.2) is 11.9 Å². The average Bonchev–Trinajstić information content (AvgIpc) is 3.07. The number of nitriles is 1. The van der Waals surface area contributed by atoms with Crippen molar-refractivity contribution in [2.24, 2.45) is 0 Å². The smallest absolute Gasteiger partial charge is 0.347 e. The lowest BCUT2D eigenvalue weighted by Gasteiger charge is -2.13. The van der Waals surface area contributed by atoms with E-state index in [1.165, 1.54) is 12.1 Å². The van der Waals surface area contributed by atoms with E-state index >= 15 is 0 Å². The van der Waals surface area contributed by atoms with Crippen LogP contribution in [0.15, 0.2) is 53.1 Å². The molecule has 1 aromatic heterocycles. The van der Waals surface area contributed by atoms with Gasteiger partial charge in [0, 0.05) is 11.1 Å². The molecule has 0 N–H and O–H groups in total. The van der Waals surface area contributed by atoms with E-state index in [1.807, 2.05) is 6.07 Å². The fourth-order valence-corrected chi connectivity index (χ4v) is 2.49. The highest BCUT2D eigenvalue weighted by Gasteiger charge is 2.19. The average molecular weight is 380 g/mol. The molecule has 0 saturated heterocycles. The van der Waals surface area contributed by atoms with Crippen molar-refractivity contribution in [3.63, 3.8) is 0 Å². The standard InChI is InChI=1S/C21H17FN2O4/c1-13-19(24-28-20(13)16-5-7-17(22)8-6-16)12-26-21(25)14(2)27-18-9-3-15(11-23)4-10-18/h3-10,14H,12H2,1-2H3/t14-/m0/s1. The minimum absolute atomic E-state index is 0.0730. The number of hydrogen-bond donors (Lipinski definition) is 0. The summed E-state index contributed by atoms with van der Waals surface area (Å²) in [6, 6.07) is 14.3. The third-order valence-electron chi connectivity index (χ3n) is 4.11. The second-order valence-electron chi connectivity index (χ2n) is 6.09. The molecule has 0 aliphatic rings. The molecule has 1 heterocycles. The van der Waals surface area contributed by atoms with Crippen LogP contribution in [0.5, 0.6) is 5.75 Å². The third-order valence-corrected chi connectivity index (χ3v) is 4.11. The van der Waals surface area contributed by atoms with Crippen molar-refractivity contribution in [1.29, 1.82) is 5.26 Å². The van der Waals surface area contributed by atoms with Crippen molar-refractivity contribution in [2.45, 2.75) is 26.6 Å². The Balaban J connectivity index is 1.59. The van der Waals surface area contributed by atoms with E-state index in [4.69, 9.17) is 19.3 Å². The molecule has 0 fully saturated rings. The fourth-order valence-electron chi connectivity index (χ4n) is 2.49. The summed E-state index contributed by atoms with van der Waals surface area (Å²) in [5, 5.41) is 12.7. The zero-order chi connectivity index (χ0) is 20.1. The first-order valence-corrected chi connectivity index (χ1v) is 8.52. The van der Waals surface area contributed by atoms with Crippen molar-refractivity contribution >= 4 is 5.97 Å². The Kier molecular flexibility index (Phi) is 5.70. The van der Waals surface area contributed by atoms with Crippen LogP contribution in [-0.4, -0.2) is 17.2 Å². The molecule has 3 rings (SSSR count). The van der Waals surface area contributed by atoms with E-state index in [2.05, 4.69) is 5.16 Å². The summed E-state index contributed by atoms with van der Waals surface area (Å²) in [7, 11) is 0. The highest BCUT2D eigenvalue weighted by Crippen LogP contribution is 2.26. The minimum atomic E-state index is -0.836. The number of carbonyl (C=O) groups excluding carboxylic acids is 1. The van der Waals surface area contributed by atoms with Crippen LogP contribution < -0.4 is 4.74 Å². The monoisotopic (exact) mass is 380 g/mol. The predicted octanol–water partition coefficient (Wildman–Crippen LogP) is 4.17. The van der Waals surface area contributed by atoms with Crippen molar-refractivity contribution in [3.8, 4) is 23.1 Å². The van der Waals surface area contributed by atoms with Crippen LogP contribution >= 0.6 is 0 Å². The van der Waals surface area contributed by atoms with Crippen LogP contribution in [0.1, 0.15) is 23.7 Å². The number of rotatable bonds is 6. The van der Waals surface area contributed by atoms with Crippen molar-refractivity contribution in [3.05, 3.63) is 71.2 Å². The largest absolute Gasteiger partial charge is 0.479 e. The van der Waals surface area contributed by atoms with E-state index in [0.29, 0.717) is 33.9 Å². The predicted molar refractivity (Wildman–Crippen MR) is 97.7 cm³/mol. The van der Waals surface area contributed by atoms with Crippen LogP contribution in [-0.2, 0) is 16.1 Å². The van der Waals surface area contributed by atoms with Crippen LogP contribution in [0.25, 0.3) is 11.3 Å². The SMILES string of the molecule is Cc1c(COC(=O)[C@H](C)Oc2ccc(C#N)cc2)noc1-c1ccc(F)cc1. The van der Waals surface area contributed by atoms with Crippen molar-refractivity contribution in [1.82, 2.24) is 5.16 Å². The second kappa shape index (κ2) is 8.35. The van der Waals surface area contributed by atoms with Gasteiger partial charge >= 0.3 is 5.97 Å². The van der Waals surface area contributed by atoms with Crippen LogP contribution in [0.2, 0.25) is 0 Å². The lowest BCUT2D eigenvalue weighted by atomic mass is 10.1. The molecule has 0 saturated carbocycles. The Morgan fingerprint density at radius 1 is 1.21 bits per heavy atom. The molecule has 0 aliphatic carbocycles. The van der Waals surface area contributed by atoms with Gasteiger partial charge in [-0.1, -0.05) is 5.16 Å². The Bertz CT molecular complexity index is 1000. The number of hydrogen-bond acceptors (Lipinski definition) is 6. The molecule has 0 amide bonds. The van der Waals surface area contributed by atoms with Gasteiger partial charge in [-0.3, -0.25) is 0 Å². The molecule has 3 aromatic rings. The Morgan fingerprint density at radius 2 is 1.89 bits per heavy atom. The summed E-state index contributed by atoms with van der Waals surface area (Å²) < 4.78 is 29.1. The summed E-state index contributed by atoms with van der Waals surface area (Å²) in [5.74, 6) is 0.0500. The summed E-state index contributed by atoms with van der Waals surface area (Å²) >= 11 is 0. The number of nitrogens with zero attached hydrogens (tertiary/aromatic N) is 2. The zero-order valence-corrected chi connectivity index (χ0v) is 15.3. The molecule has 0 unspecified atom stereocenters. The molecule has 6 nitrogen and oxygen atoms in total. The molecular weight excluding hydrogens is 363 g/mol. The number of ether oxygens (including phenoxy) is 2. The van der Waals surface area contributed by atoms with Gasteiger partial charge in [0.1, 0.15) is 23.9 Å². The number of aromatic nitrogens is 1. The van der Waals surface area contributed by atoms with Crippen molar-refractivity contribution in [2.75, 3.05) is 0 Å². The van der Waals surface area contributed by atoms with E-state index in [-0.39, 0.29) is 12.4 Å². The van der Waals surface area contributed by atoms with Gasteiger partial charge in [0.25, 0.3) is 0 Å². The lowest BCUT2D eigenvalue weighted by Crippen LogP contribution is -2.26. The maximum absolute atomic E-state index is 13.1. The molecule has 0 aliphatic heterocycles. The molecular formula is C21H17FN2O4. The fraction of sp³-hybridized carbons (Fsp3) is 0.190. The van der Waals surface area contributed by atoms with Gasteiger partial charge < -0.3 is 14.0 Å². The Labute approximate surface area is 161 Å². The molecule has 142 valence electrons. The summed E-state index contributed by atoms with van der Waals surface area (Å²) in [4.78, 5) is 12.2. The van der Waals surface area contributed by atoms with Crippen LogP contribution in [0.4, 0.5) is 4.39 Å². The molecule has 2 aromatic carbocycles. The molecule has 0 radical (unpaired) electrons. The van der Waals surface area contributed by atoms with E-state index in [9.17, 15) is 9.18 Å². The maximum atomic E-state index is 13.1. The van der Waals surface area contributed by atoms with Crippen LogP contribution in [0.3, 0.4) is 0 Å². The second-order valence-corrected chi connectivity index (χ2v) is 6.09. The number of carbonyl (C=O) groups is 1. The molecule has 1 atom stereocenters. The summed E-state index contributed by atoms with van der Waals surface area (Å²) in [6.07, 6.45) is -0.836. The first-order valence-electron chi connectivity index (χ1n) is 8.52. The first kappa shape index (κ1) is 19.1. The van der Waals surface area contributed by atoms with Gasteiger partial charge in [-0.15, -0.1) is 0 Å². The Morgan fingerprint density at radius 3 is 2.54 bits per heavy atom. The maximum Gasteiger partial charge on any atom is 0.347 e. The molecule has 0 spiro atoms. The molecule has 0 bridgehead atoms. The van der Waals surface area contributed by atoms with E-state index in [1.54, 1.807) is 50.2 Å². The van der Waals surface area contributed by atoms with Gasteiger partial charge in [0.05, 0.1) is 11.6 Å². The third kappa shape index (κ3) is 4.35. The zero-order valence-electron chi connectivity index (χ0n) is 15.3. The first-order chi connectivity index (χ1) is 13.5. The Hall–Kier alpha value is -3.66. The van der Waals surface area contributed by atoms with Gasteiger partial charge in [-0.25, -0.2) is 9.18 Å². The molecule has 7 heteroatoms. The van der Waals surface area contributed by atoms with E-state index < -0.39 is 12.1 Å². The minimum Gasteiger partial charge on any atom is -0.479 e. The van der Waals surface area contributed by atoms with Gasteiger partial charge in [-0.05, 0) is 62.4 Å². The quantitative estimate of drug-likeness (QED) is 0.597. The summed E-state index contributed by atoms with van der Waals surface area (Å²) in [5.41, 5.74) is 2.36.